The van der Waals surface area contributed by atoms with Gasteiger partial charge < -0.3 is 5.32 Å². The average molecular weight is 303 g/mol. The van der Waals surface area contributed by atoms with Crippen LogP contribution in [0.2, 0.25) is 0 Å². The van der Waals surface area contributed by atoms with Gasteiger partial charge in [-0.2, -0.15) is 5.10 Å². The van der Waals surface area contributed by atoms with E-state index >= 15 is 0 Å². The van der Waals surface area contributed by atoms with Gasteiger partial charge in [0.15, 0.2) is 0 Å². The lowest BCUT2D eigenvalue weighted by Crippen LogP contribution is -2.24. The molecule has 1 aromatic carbocycles. The minimum Gasteiger partial charge on any atom is -0.309 e. The maximum Gasteiger partial charge on any atom is 0.0625 e. The summed E-state index contributed by atoms with van der Waals surface area (Å²) < 4.78 is 1.85. The van der Waals surface area contributed by atoms with Gasteiger partial charge in [-0.3, -0.25) is 4.68 Å². The highest BCUT2D eigenvalue weighted by Crippen LogP contribution is 2.25. The van der Waals surface area contributed by atoms with Crippen molar-refractivity contribution in [2.75, 3.05) is 12.3 Å². The molecule has 0 aliphatic carbocycles. The third-order valence-corrected chi connectivity index (χ3v) is 4.43. The van der Waals surface area contributed by atoms with Crippen molar-refractivity contribution in [2.24, 2.45) is 7.05 Å². The largest absolute Gasteiger partial charge is 0.309 e. The molecule has 3 nitrogen and oxygen atoms in total. The van der Waals surface area contributed by atoms with Crippen LogP contribution in [0.5, 0.6) is 0 Å². The molecular weight excluding hydrogens is 278 g/mol. The number of thioether (sulfide) groups is 1. The molecule has 1 atom stereocenters. The number of rotatable bonds is 7. The molecule has 0 saturated heterocycles. The molecule has 1 aromatic heterocycles. The van der Waals surface area contributed by atoms with E-state index in [1.807, 2.05) is 29.7 Å². The van der Waals surface area contributed by atoms with Gasteiger partial charge in [0.2, 0.25) is 0 Å². The Morgan fingerprint density at radius 1 is 1.24 bits per heavy atom. The van der Waals surface area contributed by atoms with E-state index in [0.717, 1.165) is 18.7 Å². The standard InChI is InChI=1S/C17H25N3S/c1-5-6-18-17(12-21-16-10-19-20(4)11-16)15-8-13(2)7-14(3)9-15/h7-11,17-18H,5-6,12H2,1-4H3. The number of aryl methyl sites for hydroxylation is 3. The van der Waals surface area contributed by atoms with E-state index in [0.29, 0.717) is 6.04 Å². The Morgan fingerprint density at radius 3 is 2.52 bits per heavy atom. The first-order chi connectivity index (χ1) is 10.1. The lowest BCUT2D eigenvalue weighted by Gasteiger charge is -2.19. The summed E-state index contributed by atoms with van der Waals surface area (Å²) in [7, 11) is 1.96. The Kier molecular flexibility index (Phi) is 5.88. The fraction of sp³-hybridized carbons (Fsp3) is 0.471. The van der Waals surface area contributed by atoms with Crippen LogP contribution in [-0.4, -0.2) is 22.1 Å². The SMILES string of the molecule is CCCNC(CSc1cnn(C)c1)c1cc(C)cc(C)c1. The van der Waals surface area contributed by atoms with Crippen LogP contribution in [0.15, 0.2) is 35.5 Å². The summed E-state index contributed by atoms with van der Waals surface area (Å²) in [5.74, 6) is 1.02. The molecule has 0 bridgehead atoms. The minimum absolute atomic E-state index is 0.383. The average Bonchev–Trinajstić information content (AvgIpc) is 2.83. The molecular formula is C17H25N3S. The molecule has 1 unspecified atom stereocenters. The topological polar surface area (TPSA) is 29.9 Å². The highest BCUT2D eigenvalue weighted by Gasteiger charge is 2.12. The fourth-order valence-electron chi connectivity index (χ4n) is 2.46. The number of nitrogens with zero attached hydrogens (tertiary/aromatic N) is 2. The van der Waals surface area contributed by atoms with Crippen LogP contribution in [0, 0.1) is 13.8 Å². The molecule has 4 heteroatoms. The Labute approximate surface area is 132 Å². The number of nitrogens with one attached hydrogen (secondary N) is 1. The van der Waals surface area contributed by atoms with Crippen molar-refractivity contribution >= 4 is 11.8 Å². The normalized spacial score (nSPS) is 12.6. The van der Waals surface area contributed by atoms with Crippen molar-refractivity contribution in [3.63, 3.8) is 0 Å². The van der Waals surface area contributed by atoms with E-state index in [1.165, 1.54) is 21.6 Å². The molecule has 2 aromatic rings. The molecule has 114 valence electrons. The summed E-state index contributed by atoms with van der Waals surface area (Å²) >= 11 is 1.86. The van der Waals surface area contributed by atoms with E-state index in [4.69, 9.17) is 0 Å². The van der Waals surface area contributed by atoms with Crippen LogP contribution in [-0.2, 0) is 7.05 Å². The first-order valence-electron chi connectivity index (χ1n) is 7.51. The Balaban J connectivity index is 2.09. The third kappa shape index (κ3) is 4.90. The lowest BCUT2D eigenvalue weighted by atomic mass is 10.0. The maximum atomic E-state index is 4.23. The zero-order valence-electron chi connectivity index (χ0n) is 13.4. The molecule has 0 aliphatic heterocycles. The highest BCUT2D eigenvalue weighted by molar-refractivity contribution is 7.99. The summed E-state index contributed by atoms with van der Waals surface area (Å²) in [6, 6.07) is 7.21. The van der Waals surface area contributed by atoms with Crippen LogP contribution in [0.25, 0.3) is 0 Å². The molecule has 2 rings (SSSR count). The molecule has 21 heavy (non-hydrogen) atoms. The molecule has 0 spiro atoms. The van der Waals surface area contributed by atoms with Gasteiger partial charge in [-0.05, 0) is 32.4 Å². The monoisotopic (exact) mass is 303 g/mol. The summed E-state index contributed by atoms with van der Waals surface area (Å²) in [6.45, 7) is 7.59. The fourth-order valence-corrected chi connectivity index (χ4v) is 3.47. The summed E-state index contributed by atoms with van der Waals surface area (Å²) in [6.07, 6.45) is 5.16. The van der Waals surface area contributed by atoms with Gasteiger partial charge in [0.1, 0.15) is 0 Å². The molecule has 0 saturated carbocycles. The Hall–Kier alpha value is -1.26. The van der Waals surface area contributed by atoms with Crippen molar-refractivity contribution in [1.82, 2.24) is 15.1 Å². The summed E-state index contributed by atoms with van der Waals surface area (Å²) in [5, 5.41) is 7.90. The predicted octanol–water partition coefficient (Wildman–Crippen LogP) is 3.87. The molecule has 0 fully saturated rings. The molecule has 1 heterocycles. The highest BCUT2D eigenvalue weighted by atomic mass is 32.2. The second-order valence-corrected chi connectivity index (χ2v) is 6.68. The van der Waals surface area contributed by atoms with Crippen molar-refractivity contribution in [1.29, 1.82) is 0 Å². The second kappa shape index (κ2) is 7.66. The van der Waals surface area contributed by atoms with Crippen LogP contribution in [0.1, 0.15) is 36.1 Å². The molecule has 0 radical (unpaired) electrons. The van der Waals surface area contributed by atoms with Gasteiger partial charge in [-0.1, -0.05) is 36.2 Å². The van der Waals surface area contributed by atoms with E-state index in [1.54, 1.807) is 0 Å². The lowest BCUT2D eigenvalue weighted by molar-refractivity contribution is 0.577. The van der Waals surface area contributed by atoms with E-state index in [9.17, 15) is 0 Å². The Bertz CT molecular complexity index is 557. The van der Waals surface area contributed by atoms with Gasteiger partial charge in [0.05, 0.1) is 6.20 Å². The quantitative estimate of drug-likeness (QED) is 0.788. The Morgan fingerprint density at radius 2 is 1.95 bits per heavy atom. The summed E-state index contributed by atoms with van der Waals surface area (Å²) in [4.78, 5) is 1.23. The van der Waals surface area contributed by atoms with Crippen LogP contribution in [0.3, 0.4) is 0 Å². The first-order valence-corrected chi connectivity index (χ1v) is 8.50. The van der Waals surface area contributed by atoms with Gasteiger partial charge in [0, 0.05) is 29.9 Å². The zero-order chi connectivity index (χ0) is 15.2. The van der Waals surface area contributed by atoms with Crippen molar-refractivity contribution < 1.29 is 0 Å². The van der Waals surface area contributed by atoms with Crippen molar-refractivity contribution in [3.05, 3.63) is 47.3 Å². The van der Waals surface area contributed by atoms with Gasteiger partial charge >= 0.3 is 0 Å². The second-order valence-electron chi connectivity index (χ2n) is 5.59. The maximum absolute atomic E-state index is 4.23. The van der Waals surface area contributed by atoms with Crippen LogP contribution < -0.4 is 5.32 Å². The van der Waals surface area contributed by atoms with Crippen molar-refractivity contribution in [3.8, 4) is 0 Å². The van der Waals surface area contributed by atoms with Gasteiger partial charge in [0.25, 0.3) is 0 Å². The van der Waals surface area contributed by atoms with Gasteiger partial charge in [-0.15, -0.1) is 11.8 Å². The van der Waals surface area contributed by atoms with Crippen molar-refractivity contribution in [2.45, 2.75) is 38.1 Å². The first kappa shape index (κ1) is 16.1. The van der Waals surface area contributed by atoms with E-state index < -0.39 is 0 Å². The van der Waals surface area contributed by atoms with Crippen LogP contribution >= 0.6 is 11.8 Å². The van der Waals surface area contributed by atoms with E-state index in [-0.39, 0.29) is 0 Å². The smallest absolute Gasteiger partial charge is 0.0625 e. The number of hydrogen-bond acceptors (Lipinski definition) is 3. The molecule has 1 N–H and O–H groups in total. The zero-order valence-corrected chi connectivity index (χ0v) is 14.2. The molecule has 0 aliphatic rings. The third-order valence-electron chi connectivity index (χ3n) is 3.38. The van der Waals surface area contributed by atoms with Gasteiger partial charge in [-0.25, -0.2) is 0 Å². The minimum atomic E-state index is 0.383. The summed E-state index contributed by atoms with van der Waals surface area (Å²) in [5.41, 5.74) is 4.05. The predicted molar refractivity (Wildman–Crippen MR) is 90.9 cm³/mol. The number of aromatic nitrogens is 2. The number of benzene rings is 1. The molecule has 0 amide bonds. The van der Waals surface area contributed by atoms with E-state index in [2.05, 4.69) is 55.6 Å². The number of hydrogen-bond donors (Lipinski definition) is 1. The van der Waals surface area contributed by atoms with Crippen LogP contribution in [0.4, 0.5) is 0 Å².